The molecule has 128 valence electrons. The fourth-order valence-corrected chi connectivity index (χ4v) is 4.23. The summed E-state index contributed by atoms with van der Waals surface area (Å²) in [5, 5.41) is 1.11. The molecule has 1 aromatic heterocycles. The first kappa shape index (κ1) is 17.1. The lowest BCUT2D eigenvalue weighted by molar-refractivity contribution is 0.553. The molecule has 0 radical (unpaired) electrons. The summed E-state index contributed by atoms with van der Waals surface area (Å²) >= 11 is 1.60. The van der Waals surface area contributed by atoms with Crippen LogP contribution in [0.5, 0.6) is 0 Å². The normalized spacial score (nSPS) is 15.1. The minimum atomic E-state index is -0.557. The van der Waals surface area contributed by atoms with Gasteiger partial charge in [-0.05, 0) is 44.7 Å². The number of aromatic nitrogens is 2. The Morgan fingerprint density at radius 1 is 1.21 bits per heavy atom. The molecule has 1 heterocycles. The summed E-state index contributed by atoms with van der Waals surface area (Å²) in [5.41, 5.74) is 1.00. The second-order valence-electron chi connectivity index (χ2n) is 6.17. The van der Waals surface area contributed by atoms with Crippen LogP contribution in [0.1, 0.15) is 42.5 Å². The maximum atomic E-state index is 13.8. The van der Waals surface area contributed by atoms with Crippen LogP contribution in [0.25, 0.3) is 0 Å². The number of benzene rings is 1. The van der Waals surface area contributed by atoms with Crippen molar-refractivity contribution in [3.8, 4) is 0 Å². The molecule has 0 unspecified atom stereocenters. The average molecular weight is 350 g/mol. The summed E-state index contributed by atoms with van der Waals surface area (Å²) in [5.74, 6) is -1.11. The molecule has 3 rings (SSSR count). The summed E-state index contributed by atoms with van der Waals surface area (Å²) in [6.45, 7) is 1.70. The minimum absolute atomic E-state index is 0.0453. The Labute approximate surface area is 143 Å². The number of nitrogens with one attached hydrogen (secondary N) is 1. The third kappa shape index (κ3) is 3.86. The van der Waals surface area contributed by atoms with Gasteiger partial charge in [0.1, 0.15) is 11.6 Å². The molecule has 0 spiro atoms. The summed E-state index contributed by atoms with van der Waals surface area (Å²) in [4.78, 5) is 19.5. The van der Waals surface area contributed by atoms with Gasteiger partial charge < -0.3 is 4.98 Å². The maximum Gasteiger partial charge on any atom is 0.254 e. The SMILES string of the molecule is Cc1c(CCc2c(F)cccc2F)nc(SC2CCCC2)[nH]c1=O. The van der Waals surface area contributed by atoms with E-state index in [-0.39, 0.29) is 17.5 Å². The number of aryl methyl sites for hydroxylation is 1. The number of halogens is 2. The van der Waals surface area contributed by atoms with E-state index in [1.807, 2.05) is 0 Å². The van der Waals surface area contributed by atoms with Gasteiger partial charge in [-0.2, -0.15) is 0 Å². The first-order valence-corrected chi connectivity index (χ1v) is 9.12. The Kier molecular flexibility index (Phi) is 5.33. The quantitative estimate of drug-likeness (QED) is 0.823. The van der Waals surface area contributed by atoms with Gasteiger partial charge >= 0.3 is 0 Å². The molecule has 0 amide bonds. The number of thioether (sulfide) groups is 1. The number of hydrogen-bond acceptors (Lipinski definition) is 3. The molecule has 1 aliphatic rings. The fourth-order valence-electron chi connectivity index (χ4n) is 3.03. The molecular formula is C18H20F2N2OS. The van der Waals surface area contributed by atoms with Gasteiger partial charge in [-0.15, -0.1) is 0 Å². The molecule has 0 bridgehead atoms. The van der Waals surface area contributed by atoms with E-state index < -0.39 is 11.6 Å². The molecule has 0 saturated heterocycles. The molecule has 1 saturated carbocycles. The molecular weight excluding hydrogens is 330 g/mol. The van der Waals surface area contributed by atoms with Gasteiger partial charge in [0, 0.05) is 16.4 Å². The van der Waals surface area contributed by atoms with E-state index in [0.29, 0.717) is 28.1 Å². The molecule has 1 aromatic carbocycles. The fraction of sp³-hybridized carbons (Fsp3) is 0.444. The van der Waals surface area contributed by atoms with Crippen LogP contribution >= 0.6 is 11.8 Å². The van der Waals surface area contributed by atoms with Crippen molar-refractivity contribution in [1.82, 2.24) is 9.97 Å². The van der Waals surface area contributed by atoms with Gasteiger partial charge in [0.15, 0.2) is 5.16 Å². The first-order valence-electron chi connectivity index (χ1n) is 8.24. The molecule has 2 aromatic rings. The summed E-state index contributed by atoms with van der Waals surface area (Å²) in [7, 11) is 0. The average Bonchev–Trinajstić information content (AvgIpc) is 3.04. The lowest BCUT2D eigenvalue weighted by Gasteiger charge is -2.11. The van der Waals surface area contributed by atoms with E-state index in [9.17, 15) is 13.6 Å². The third-order valence-corrected chi connectivity index (χ3v) is 5.71. The molecule has 1 fully saturated rings. The minimum Gasteiger partial charge on any atom is -0.301 e. The Bertz CT molecular complexity index is 765. The maximum absolute atomic E-state index is 13.8. The van der Waals surface area contributed by atoms with E-state index >= 15 is 0 Å². The molecule has 1 aliphatic carbocycles. The van der Waals surface area contributed by atoms with Crippen molar-refractivity contribution in [1.29, 1.82) is 0 Å². The second-order valence-corrected chi connectivity index (χ2v) is 7.46. The molecule has 0 aliphatic heterocycles. The molecule has 1 N–H and O–H groups in total. The lowest BCUT2D eigenvalue weighted by atomic mass is 10.0. The zero-order valence-corrected chi connectivity index (χ0v) is 14.4. The molecule has 3 nitrogen and oxygen atoms in total. The number of rotatable bonds is 5. The highest BCUT2D eigenvalue weighted by molar-refractivity contribution is 7.99. The standard InChI is InChI=1S/C18H20F2N2OS/c1-11-16(10-9-13-14(19)7-4-8-15(13)20)21-18(22-17(11)23)24-12-5-2-3-6-12/h4,7-8,12H,2-3,5-6,9-10H2,1H3,(H,21,22,23). The van der Waals surface area contributed by atoms with Crippen LogP contribution in [0.2, 0.25) is 0 Å². The van der Waals surface area contributed by atoms with Crippen molar-refractivity contribution < 1.29 is 8.78 Å². The zero-order valence-electron chi connectivity index (χ0n) is 13.6. The highest BCUT2D eigenvalue weighted by atomic mass is 32.2. The zero-order chi connectivity index (χ0) is 17.1. The second kappa shape index (κ2) is 7.47. The van der Waals surface area contributed by atoms with Crippen molar-refractivity contribution in [3.05, 3.63) is 57.0 Å². The lowest BCUT2D eigenvalue weighted by Crippen LogP contribution is -2.17. The van der Waals surface area contributed by atoms with Crippen molar-refractivity contribution in [2.75, 3.05) is 0 Å². The number of H-pyrrole nitrogens is 1. The summed E-state index contributed by atoms with van der Waals surface area (Å²) in [6, 6.07) is 3.84. The topological polar surface area (TPSA) is 45.8 Å². The molecule has 24 heavy (non-hydrogen) atoms. The van der Waals surface area contributed by atoms with Crippen LogP contribution in [0.15, 0.2) is 28.2 Å². The highest BCUT2D eigenvalue weighted by Gasteiger charge is 2.19. The van der Waals surface area contributed by atoms with Gasteiger partial charge in [-0.25, -0.2) is 13.8 Å². The Morgan fingerprint density at radius 2 is 1.88 bits per heavy atom. The van der Waals surface area contributed by atoms with E-state index in [1.165, 1.54) is 31.0 Å². The number of aromatic amines is 1. The van der Waals surface area contributed by atoms with Crippen molar-refractivity contribution in [2.24, 2.45) is 0 Å². The smallest absolute Gasteiger partial charge is 0.254 e. The van der Waals surface area contributed by atoms with Crippen LogP contribution in [0, 0.1) is 18.6 Å². The molecule has 6 heteroatoms. The summed E-state index contributed by atoms with van der Waals surface area (Å²) < 4.78 is 27.5. The van der Waals surface area contributed by atoms with Crippen molar-refractivity contribution >= 4 is 11.8 Å². The number of nitrogens with zero attached hydrogens (tertiary/aromatic N) is 1. The largest absolute Gasteiger partial charge is 0.301 e. The molecule has 0 atom stereocenters. The van der Waals surface area contributed by atoms with Crippen LogP contribution in [0.4, 0.5) is 8.78 Å². The van der Waals surface area contributed by atoms with Gasteiger partial charge in [0.25, 0.3) is 5.56 Å². The van der Waals surface area contributed by atoms with Crippen molar-refractivity contribution in [2.45, 2.75) is 55.9 Å². The van der Waals surface area contributed by atoms with Crippen LogP contribution in [0.3, 0.4) is 0 Å². The van der Waals surface area contributed by atoms with E-state index in [0.717, 1.165) is 12.8 Å². The van der Waals surface area contributed by atoms with E-state index in [4.69, 9.17) is 0 Å². The Hall–Kier alpha value is -1.69. The predicted molar refractivity (Wildman–Crippen MR) is 91.5 cm³/mol. The van der Waals surface area contributed by atoms with E-state index in [2.05, 4.69) is 9.97 Å². The third-order valence-electron chi connectivity index (χ3n) is 4.48. The van der Waals surface area contributed by atoms with Crippen molar-refractivity contribution in [3.63, 3.8) is 0 Å². The van der Waals surface area contributed by atoms with Crippen LogP contribution < -0.4 is 5.56 Å². The van der Waals surface area contributed by atoms with Gasteiger partial charge in [-0.3, -0.25) is 4.79 Å². The van der Waals surface area contributed by atoms with Gasteiger partial charge in [0.05, 0.1) is 5.69 Å². The highest BCUT2D eigenvalue weighted by Crippen LogP contribution is 2.32. The Morgan fingerprint density at radius 3 is 2.54 bits per heavy atom. The Balaban J connectivity index is 1.79. The predicted octanol–water partition coefficient (Wildman–Crippen LogP) is 4.18. The van der Waals surface area contributed by atoms with Crippen LogP contribution in [-0.2, 0) is 12.8 Å². The van der Waals surface area contributed by atoms with Crippen LogP contribution in [-0.4, -0.2) is 15.2 Å². The van der Waals surface area contributed by atoms with E-state index in [1.54, 1.807) is 18.7 Å². The van der Waals surface area contributed by atoms with Gasteiger partial charge in [-0.1, -0.05) is 30.7 Å². The number of hydrogen-bond donors (Lipinski definition) is 1. The first-order chi connectivity index (χ1) is 11.5. The van der Waals surface area contributed by atoms with Gasteiger partial charge in [0.2, 0.25) is 0 Å². The summed E-state index contributed by atoms with van der Waals surface area (Å²) in [6.07, 6.45) is 5.23. The monoisotopic (exact) mass is 350 g/mol.